The SMILES string of the molecule is CCCCCCCCCCCCCCCCCCCCCCC(=O)N[C@@H](COP(=O)(O)OCC[N+](C)(C)C)[C@H](O)CCCCCCCCCCCCCCCCCCC. The van der Waals surface area contributed by atoms with E-state index in [2.05, 4.69) is 19.2 Å². The van der Waals surface area contributed by atoms with Crippen molar-refractivity contribution in [1.82, 2.24) is 5.32 Å². The monoisotopic (exact) mass is 860 g/mol. The molecule has 0 aliphatic heterocycles. The summed E-state index contributed by atoms with van der Waals surface area (Å²) >= 11 is 0. The maximum atomic E-state index is 12.9. The summed E-state index contributed by atoms with van der Waals surface area (Å²) in [6, 6.07) is -0.754. The minimum absolute atomic E-state index is 0.0789. The number of carbonyl (C=O) groups is 1. The Kier molecular flexibility index (Phi) is 42.4. The van der Waals surface area contributed by atoms with E-state index in [0.717, 1.165) is 38.5 Å². The van der Waals surface area contributed by atoms with Crippen LogP contribution in [0.25, 0.3) is 0 Å². The summed E-state index contributed by atoms with van der Waals surface area (Å²) in [5.41, 5.74) is 0. The van der Waals surface area contributed by atoms with Crippen molar-refractivity contribution in [3.8, 4) is 0 Å². The maximum absolute atomic E-state index is 12.9. The van der Waals surface area contributed by atoms with Crippen LogP contribution in [0, 0.1) is 0 Å². The van der Waals surface area contributed by atoms with Gasteiger partial charge in [-0.2, -0.15) is 0 Å². The molecule has 0 rings (SSSR count). The number of aliphatic hydroxyl groups is 1. The zero-order chi connectivity index (χ0) is 43.6. The lowest BCUT2D eigenvalue weighted by Crippen LogP contribution is -2.46. The molecule has 8 nitrogen and oxygen atoms in total. The van der Waals surface area contributed by atoms with Crippen molar-refractivity contribution >= 4 is 13.7 Å². The number of aliphatic hydroxyl groups excluding tert-OH is 1. The summed E-state index contributed by atoms with van der Waals surface area (Å²) in [4.78, 5) is 23.2. The normalized spacial score (nSPS) is 14.1. The Morgan fingerprint density at radius 2 is 0.814 bits per heavy atom. The Labute approximate surface area is 368 Å². The molecule has 1 unspecified atom stereocenters. The summed E-state index contributed by atoms with van der Waals surface area (Å²) in [5, 5.41) is 14.0. The van der Waals surface area contributed by atoms with Crippen LogP contribution in [0.1, 0.15) is 264 Å². The molecule has 354 valence electrons. The van der Waals surface area contributed by atoms with Crippen molar-refractivity contribution in [2.24, 2.45) is 0 Å². The van der Waals surface area contributed by atoms with Crippen LogP contribution in [0.2, 0.25) is 0 Å². The van der Waals surface area contributed by atoms with Gasteiger partial charge in [-0.15, -0.1) is 0 Å². The molecule has 0 fully saturated rings. The van der Waals surface area contributed by atoms with Crippen molar-refractivity contribution in [3.05, 3.63) is 0 Å². The molecule has 0 spiro atoms. The van der Waals surface area contributed by atoms with E-state index in [1.54, 1.807) is 0 Å². The minimum atomic E-state index is -4.31. The predicted octanol–water partition coefficient (Wildman–Crippen LogP) is 14.9. The van der Waals surface area contributed by atoms with E-state index in [9.17, 15) is 19.4 Å². The Hall–Kier alpha value is -0.500. The molecule has 0 radical (unpaired) electrons. The number of rotatable bonds is 48. The highest BCUT2D eigenvalue weighted by molar-refractivity contribution is 7.47. The fourth-order valence-corrected chi connectivity index (χ4v) is 8.73. The molecule has 3 atom stereocenters. The Morgan fingerprint density at radius 1 is 0.508 bits per heavy atom. The van der Waals surface area contributed by atoms with E-state index >= 15 is 0 Å². The van der Waals surface area contributed by atoms with Crippen molar-refractivity contribution in [2.45, 2.75) is 276 Å². The molecular weight excluding hydrogens is 756 g/mol. The molecule has 0 bridgehead atoms. The zero-order valence-electron chi connectivity index (χ0n) is 40.3. The minimum Gasteiger partial charge on any atom is -0.391 e. The van der Waals surface area contributed by atoms with Crippen LogP contribution in [-0.4, -0.2) is 73.4 Å². The molecular formula is C50H104N2O6P+. The zero-order valence-corrected chi connectivity index (χ0v) is 41.2. The molecule has 9 heteroatoms. The van der Waals surface area contributed by atoms with Gasteiger partial charge in [-0.1, -0.05) is 245 Å². The van der Waals surface area contributed by atoms with Crippen LogP contribution in [-0.2, 0) is 18.4 Å². The molecule has 3 N–H and O–H groups in total. The van der Waals surface area contributed by atoms with Crippen LogP contribution < -0.4 is 5.32 Å². The number of phosphoric acid groups is 1. The Morgan fingerprint density at radius 3 is 1.14 bits per heavy atom. The van der Waals surface area contributed by atoms with Crippen LogP contribution in [0.15, 0.2) is 0 Å². The first-order chi connectivity index (χ1) is 28.5. The molecule has 0 aromatic rings. The van der Waals surface area contributed by atoms with Gasteiger partial charge in [0.1, 0.15) is 13.2 Å². The molecule has 0 aromatic heterocycles. The highest BCUT2D eigenvalue weighted by atomic mass is 31.2. The molecule has 0 aromatic carbocycles. The number of nitrogens with zero attached hydrogens (tertiary/aromatic N) is 1. The number of amides is 1. The molecule has 0 saturated heterocycles. The average Bonchev–Trinajstić information content (AvgIpc) is 3.19. The summed E-state index contributed by atoms with van der Waals surface area (Å²) in [6.07, 6.45) is 48.5. The van der Waals surface area contributed by atoms with Gasteiger partial charge >= 0.3 is 7.82 Å². The molecule has 59 heavy (non-hydrogen) atoms. The first-order valence-corrected chi connectivity index (χ1v) is 27.4. The van der Waals surface area contributed by atoms with Gasteiger partial charge in [0.15, 0.2) is 0 Å². The van der Waals surface area contributed by atoms with Crippen LogP contribution in [0.3, 0.4) is 0 Å². The largest absolute Gasteiger partial charge is 0.472 e. The quantitative estimate of drug-likeness (QED) is 0.0320. The van der Waals surface area contributed by atoms with E-state index in [-0.39, 0.29) is 19.1 Å². The summed E-state index contributed by atoms with van der Waals surface area (Å²) < 4.78 is 23.7. The lowest BCUT2D eigenvalue weighted by Gasteiger charge is -2.26. The third kappa shape index (κ3) is 45.3. The number of likely N-dealkylation sites (N-methyl/N-ethyl adjacent to an activating group) is 1. The lowest BCUT2D eigenvalue weighted by molar-refractivity contribution is -0.870. The van der Waals surface area contributed by atoms with Gasteiger partial charge in [0.2, 0.25) is 5.91 Å². The summed E-state index contributed by atoms with van der Waals surface area (Å²) in [7, 11) is 1.63. The molecule has 0 heterocycles. The third-order valence-electron chi connectivity index (χ3n) is 12.1. The number of carbonyl (C=O) groups excluding carboxylic acids is 1. The van der Waals surface area contributed by atoms with E-state index in [1.165, 1.54) is 199 Å². The molecule has 1 amide bonds. The number of hydrogen-bond donors (Lipinski definition) is 3. The van der Waals surface area contributed by atoms with Gasteiger partial charge in [-0.3, -0.25) is 13.8 Å². The number of phosphoric ester groups is 1. The van der Waals surface area contributed by atoms with Crippen LogP contribution >= 0.6 is 7.82 Å². The standard InChI is InChI=1S/C50H103N2O6P/c1-6-8-10-12-14-16-18-20-22-24-25-26-28-30-32-34-36-38-40-42-44-50(54)51-48(47-58-59(55,56)57-46-45-52(3,4)5)49(53)43-41-39-37-35-33-31-29-27-23-21-19-17-15-13-11-9-7-2/h48-49,53H,6-47H2,1-5H3,(H-,51,54,55,56)/p+1/t48-,49+/m0/s1. The number of quaternary nitrogens is 1. The number of nitrogens with one attached hydrogen (secondary N) is 1. The number of unbranched alkanes of at least 4 members (excludes halogenated alkanes) is 35. The van der Waals surface area contributed by atoms with E-state index < -0.39 is 20.0 Å². The first kappa shape index (κ1) is 58.5. The summed E-state index contributed by atoms with van der Waals surface area (Å²) in [6.45, 7) is 4.93. The van der Waals surface area contributed by atoms with Crippen LogP contribution in [0.5, 0.6) is 0 Å². The first-order valence-electron chi connectivity index (χ1n) is 25.9. The van der Waals surface area contributed by atoms with Gasteiger partial charge < -0.3 is 19.8 Å². The fourth-order valence-electron chi connectivity index (χ4n) is 7.99. The molecule has 0 aliphatic carbocycles. The van der Waals surface area contributed by atoms with E-state index in [4.69, 9.17) is 9.05 Å². The van der Waals surface area contributed by atoms with E-state index in [0.29, 0.717) is 23.9 Å². The third-order valence-corrected chi connectivity index (χ3v) is 13.1. The van der Waals surface area contributed by atoms with E-state index in [1.807, 2.05) is 21.1 Å². The predicted molar refractivity (Wildman–Crippen MR) is 254 cm³/mol. The highest BCUT2D eigenvalue weighted by Gasteiger charge is 2.28. The smallest absolute Gasteiger partial charge is 0.391 e. The van der Waals surface area contributed by atoms with Gasteiger partial charge in [0.05, 0.1) is 39.9 Å². The lowest BCUT2D eigenvalue weighted by atomic mass is 10.0. The van der Waals surface area contributed by atoms with Gasteiger partial charge in [-0.05, 0) is 12.8 Å². The Balaban J connectivity index is 4.21. The van der Waals surface area contributed by atoms with Crippen molar-refractivity contribution in [1.29, 1.82) is 0 Å². The summed E-state index contributed by atoms with van der Waals surface area (Å²) in [5.74, 6) is -0.138. The molecule has 0 aliphatic rings. The second kappa shape index (κ2) is 42.8. The Bertz CT molecular complexity index is 932. The van der Waals surface area contributed by atoms with Crippen molar-refractivity contribution < 1.29 is 32.9 Å². The van der Waals surface area contributed by atoms with Gasteiger partial charge in [0.25, 0.3) is 0 Å². The fraction of sp³-hybridized carbons (Fsp3) is 0.980. The topological polar surface area (TPSA) is 105 Å². The highest BCUT2D eigenvalue weighted by Crippen LogP contribution is 2.43. The van der Waals surface area contributed by atoms with Crippen molar-refractivity contribution in [3.63, 3.8) is 0 Å². The van der Waals surface area contributed by atoms with Crippen LogP contribution in [0.4, 0.5) is 0 Å². The number of hydrogen-bond acceptors (Lipinski definition) is 5. The second-order valence-corrected chi connectivity index (χ2v) is 20.7. The molecule has 0 saturated carbocycles. The van der Waals surface area contributed by atoms with Gasteiger partial charge in [0, 0.05) is 6.42 Å². The van der Waals surface area contributed by atoms with Gasteiger partial charge in [-0.25, -0.2) is 4.57 Å². The second-order valence-electron chi connectivity index (χ2n) is 19.3. The maximum Gasteiger partial charge on any atom is 0.472 e. The van der Waals surface area contributed by atoms with Crippen molar-refractivity contribution in [2.75, 3.05) is 40.9 Å². The average molecular weight is 860 g/mol.